The normalized spacial score (nSPS) is 31.7. The summed E-state index contributed by atoms with van der Waals surface area (Å²) in [4.78, 5) is 0. The van der Waals surface area contributed by atoms with E-state index in [-0.39, 0.29) is 6.15 Å². The minimum Gasteiger partial charge on any atom is -0.344 e. The minimum atomic E-state index is 0. The van der Waals surface area contributed by atoms with Crippen LogP contribution in [-0.4, -0.2) is 0 Å². The molecule has 0 saturated heterocycles. The molecule has 1 heteroatoms. The highest BCUT2D eigenvalue weighted by Crippen LogP contribution is 2.41. The first-order valence-corrected chi connectivity index (χ1v) is 3.63. The minimum absolute atomic E-state index is 0. The molecule has 0 spiro atoms. The first-order chi connectivity index (χ1) is 3.63. The molecule has 0 aromatic carbocycles. The van der Waals surface area contributed by atoms with Crippen molar-refractivity contribution in [3.05, 3.63) is 0 Å². The van der Waals surface area contributed by atoms with Crippen LogP contribution < -0.4 is 6.15 Å². The second-order valence-corrected chi connectivity index (χ2v) is 3.78. The van der Waals surface area contributed by atoms with Gasteiger partial charge in [-0.3, -0.25) is 0 Å². The van der Waals surface area contributed by atoms with E-state index >= 15 is 0 Å². The molecule has 56 valence electrons. The Bertz CT molecular complexity index is 86.6. The second-order valence-electron chi connectivity index (χ2n) is 3.78. The topological polar surface area (TPSA) is 35.0 Å². The van der Waals surface area contributed by atoms with Gasteiger partial charge in [-0.25, -0.2) is 0 Å². The van der Waals surface area contributed by atoms with Crippen LogP contribution in [-0.2, 0) is 0 Å². The third-order valence-electron chi connectivity index (χ3n) is 2.79. The maximum Gasteiger partial charge on any atom is -0.0329 e. The van der Waals surface area contributed by atoms with Gasteiger partial charge in [0.05, 0.1) is 0 Å². The summed E-state index contributed by atoms with van der Waals surface area (Å²) < 4.78 is 0. The average molecular weight is 129 g/mol. The summed E-state index contributed by atoms with van der Waals surface area (Å²) in [6.07, 6.45) is 4.34. The summed E-state index contributed by atoms with van der Waals surface area (Å²) in [5, 5.41) is 0. The smallest absolute Gasteiger partial charge is 0.0329 e. The van der Waals surface area contributed by atoms with Gasteiger partial charge in [0.2, 0.25) is 0 Å². The van der Waals surface area contributed by atoms with Crippen LogP contribution in [0.4, 0.5) is 0 Å². The highest BCUT2D eigenvalue weighted by molar-refractivity contribution is 4.81. The molecule has 1 aliphatic carbocycles. The number of hydrogen-bond donors (Lipinski definition) is 1. The van der Waals surface area contributed by atoms with E-state index < -0.39 is 0 Å². The molecule has 1 atom stereocenters. The summed E-state index contributed by atoms with van der Waals surface area (Å²) in [5.41, 5.74) is 0.653. The summed E-state index contributed by atoms with van der Waals surface area (Å²) in [7, 11) is 0. The molecule has 1 aliphatic rings. The lowest BCUT2D eigenvalue weighted by atomic mass is 9.83. The van der Waals surface area contributed by atoms with Gasteiger partial charge < -0.3 is 6.15 Å². The monoisotopic (exact) mass is 129 g/mol. The molecular weight excluding hydrogens is 110 g/mol. The van der Waals surface area contributed by atoms with Crippen molar-refractivity contribution in [3.63, 3.8) is 0 Å². The Balaban J connectivity index is 0.000000640. The molecule has 0 aliphatic heterocycles. The van der Waals surface area contributed by atoms with Crippen LogP contribution in [0.1, 0.15) is 40.0 Å². The highest BCUT2D eigenvalue weighted by atomic mass is 14.4. The zero-order valence-corrected chi connectivity index (χ0v) is 6.91. The van der Waals surface area contributed by atoms with Crippen LogP contribution in [0.3, 0.4) is 0 Å². The Hall–Kier alpha value is -0.0400. The van der Waals surface area contributed by atoms with Crippen molar-refractivity contribution in [3.8, 4) is 0 Å². The molecule has 1 nitrogen and oxygen atoms in total. The molecule has 0 amide bonds. The Kier molecular flexibility index (Phi) is 2.68. The van der Waals surface area contributed by atoms with Gasteiger partial charge in [-0.2, -0.15) is 0 Å². The molecule has 0 aromatic rings. The lowest BCUT2D eigenvalue weighted by Gasteiger charge is -2.22. The van der Waals surface area contributed by atoms with Crippen LogP contribution in [0.2, 0.25) is 0 Å². The molecule has 1 unspecified atom stereocenters. The molecule has 1 rings (SSSR count). The van der Waals surface area contributed by atoms with E-state index in [0.717, 1.165) is 5.92 Å². The molecular formula is C8H19N. The third-order valence-corrected chi connectivity index (χ3v) is 2.79. The number of hydrogen-bond acceptors (Lipinski definition) is 1. The Morgan fingerprint density at radius 3 is 2.00 bits per heavy atom. The molecule has 9 heavy (non-hydrogen) atoms. The van der Waals surface area contributed by atoms with Crippen molar-refractivity contribution in [2.45, 2.75) is 40.0 Å². The predicted molar refractivity (Wildman–Crippen MR) is 41.8 cm³/mol. The van der Waals surface area contributed by atoms with Gasteiger partial charge in [0.15, 0.2) is 0 Å². The fourth-order valence-corrected chi connectivity index (χ4v) is 1.50. The summed E-state index contributed by atoms with van der Waals surface area (Å²) in [6, 6.07) is 0. The van der Waals surface area contributed by atoms with Crippen molar-refractivity contribution in [2.24, 2.45) is 11.3 Å². The van der Waals surface area contributed by atoms with Crippen LogP contribution in [0.5, 0.6) is 0 Å². The maximum absolute atomic E-state index is 2.38. The lowest BCUT2D eigenvalue weighted by Crippen LogP contribution is -2.13. The summed E-state index contributed by atoms with van der Waals surface area (Å²) in [5.74, 6) is 0.961. The Labute approximate surface area is 58.4 Å². The molecule has 0 radical (unpaired) electrons. The van der Waals surface area contributed by atoms with Crippen molar-refractivity contribution in [2.75, 3.05) is 0 Å². The van der Waals surface area contributed by atoms with Gasteiger partial charge in [0.25, 0.3) is 0 Å². The summed E-state index contributed by atoms with van der Waals surface area (Å²) in [6.45, 7) is 7.13. The fourth-order valence-electron chi connectivity index (χ4n) is 1.50. The Morgan fingerprint density at radius 1 is 1.33 bits per heavy atom. The van der Waals surface area contributed by atoms with Crippen molar-refractivity contribution in [1.29, 1.82) is 0 Å². The van der Waals surface area contributed by atoms with E-state index in [1.165, 1.54) is 19.3 Å². The van der Waals surface area contributed by atoms with Gasteiger partial charge in [-0.05, 0) is 17.8 Å². The average Bonchev–Trinajstić information content (AvgIpc) is 1.86. The van der Waals surface area contributed by atoms with Crippen LogP contribution >= 0.6 is 0 Å². The molecule has 1 saturated carbocycles. The van der Waals surface area contributed by atoms with Gasteiger partial charge in [-0.1, -0.05) is 33.6 Å². The van der Waals surface area contributed by atoms with Gasteiger partial charge in [0.1, 0.15) is 0 Å². The third kappa shape index (κ3) is 1.68. The van der Waals surface area contributed by atoms with Crippen LogP contribution in [0, 0.1) is 11.3 Å². The molecule has 0 bridgehead atoms. The molecule has 0 aromatic heterocycles. The first kappa shape index (κ1) is 8.96. The molecule has 1 fully saturated rings. The standard InChI is InChI=1S/C8H16.H3N/c1-7-5-4-6-8(7,2)3;/h7H,4-6H2,1-3H3;1H3. The molecule has 0 heterocycles. The summed E-state index contributed by atoms with van der Waals surface area (Å²) >= 11 is 0. The van der Waals surface area contributed by atoms with E-state index in [0.29, 0.717) is 5.41 Å². The largest absolute Gasteiger partial charge is 0.344 e. The van der Waals surface area contributed by atoms with E-state index in [1.54, 1.807) is 0 Å². The highest BCUT2D eigenvalue weighted by Gasteiger charge is 2.30. The van der Waals surface area contributed by atoms with E-state index in [4.69, 9.17) is 0 Å². The van der Waals surface area contributed by atoms with Crippen molar-refractivity contribution < 1.29 is 0 Å². The fraction of sp³-hybridized carbons (Fsp3) is 1.00. The van der Waals surface area contributed by atoms with E-state index in [9.17, 15) is 0 Å². The molecule has 3 N–H and O–H groups in total. The van der Waals surface area contributed by atoms with Crippen molar-refractivity contribution >= 4 is 0 Å². The van der Waals surface area contributed by atoms with Gasteiger partial charge in [-0.15, -0.1) is 0 Å². The Morgan fingerprint density at radius 2 is 1.89 bits per heavy atom. The van der Waals surface area contributed by atoms with E-state index in [2.05, 4.69) is 20.8 Å². The maximum atomic E-state index is 2.38. The second kappa shape index (κ2) is 2.70. The van der Waals surface area contributed by atoms with E-state index in [1.807, 2.05) is 0 Å². The zero-order chi connectivity index (χ0) is 6.20. The van der Waals surface area contributed by atoms with Crippen LogP contribution in [0.15, 0.2) is 0 Å². The predicted octanol–water partition coefficient (Wildman–Crippen LogP) is 2.99. The lowest BCUT2D eigenvalue weighted by molar-refractivity contribution is 0.281. The number of rotatable bonds is 0. The van der Waals surface area contributed by atoms with Gasteiger partial charge in [0, 0.05) is 0 Å². The van der Waals surface area contributed by atoms with Crippen molar-refractivity contribution in [1.82, 2.24) is 6.15 Å². The first-order valence-electron chi connectivity index (χ1n) is 3.63. The van der Waals surface area contributed by atoms with Crippen LogP contribution in [0.25, 0.3) is 0 Å². The van der Waals surface area contributed by atoms with Gasteiger partial charge >= 0.3 is 0 Å². The quantitative estimate of drug-likeness (QED) is 0.536. The zero-order valence-electron chi connectivity index (χ0n) is 6.91. The SMILES string of the molecule is CC1CCCC1(C)C.N.